The van der Waals surface area contributed by atoms with E-state index in [1.807, 2.05) is 0 Å². The third-order valence-electron chi connectivity index (χ3n) is 4.58. The first-order chi connectivity index (χ1) is 9.21. The number of hydrogen-bond donors (Lipinski definition) is 1. The van der Waals surface area contributed by atoms with E-state index in [0.29, 0.717) is 12.0 Å². The van der Waals surface area contributed by atoms with Crippen LogP contribution < -0.4 is 0 Å². The van der Waals surface area contributed by atoms with Gasteiger partial charge < -0.3 is 5.11 Å². The molecule has 1 N–H and O–H groups in total. The van der Waals surface area contributed by atoms with Crippen LogP contribution in [0.15, 0.2) is 0 Å². The largest absolute Gasteiger partial charge is 0.396 e. The SMILES string of the molecule is CCCC(CBr)(CCC)CN(CCCO)C1CCC1. The van der Waals surface area contributed by atoms with Gasteiger partial charge >= 0.3 is 0 Å². The van der Waals surface area contributed by atoms with Gasteiger partial charge in [0.1, 0.15) is 0 Å². The maximum Gasteiger partial charge on any atom is 0.0443 e. The molecule has 1 aliphatic rings. The van der Waals surface area contributed by atoms with E-state index in [4.69, 9.17) is 5.11 Å². The fourth-order valence-corrected chi connectivity index (χ4v) is 4.10. The summed E-state index contributed by atoms with van der Waals surface area (Å²) >= 11 is 3.78. The van der Waals surface area contributed by atoms with Gasteiger partial charge in [0.25, 0.3) is 0 Å². The molecule has 0 aromatic rings. The molecule has 0 bridgehead atoms. The molecule has 114 valence electrons. The van der Waals surface area contributed by atoms with Crippen LogP contribution in [0.1, 0.15) is 65.2 Å². The summed E-state index contributed by atoms with van der Waals surface area (Å²) in [6, 6.07) is 0.790. The second-order valence-electron chi connectivity index (χ2n) is 6.27. The van der Waals surface area contributed by atoms with Crippen LogP contribution in [0.3, 0.4) is 0 Å². The number of aliphatic hydroxyl groups is 1. The highest BCUT2D eigenvalue weighted by molar-refractivity contribution is 9.09. The Balaban J connectivity index is 2.64. The summed E-state index contributed by atoms with van der Waals surface area (Å²) in [6.07, 6.45) is 10.2. The zero-order chi connectivity index (χ0) is 14.1. The van der Waals surface area contributed by atoms with E-state index in [2.05, 4.69) is 34.7 Å². The Labute approximate surface area is 128 Å². The van der Waals surface area contributed by atoms with Gasteiger partial charge in [-0.15, -0.1) is 0 Å². The molecule has 0 spiro atoms. The lowest BCUT2D eigenvalue weighted by atomic mass is 9.79. The molecule has 2 nitrogen and oxygen atoms in total. The Morgan fingerprint density at radius 3 is 2.21 bits per heavy atom. The van der Waals surface area contributed by atoms with Crippen molar-refractivity contribution in [3.63, 3.8) is 0 Å². The molecular formula is C16H32BrNO. The Hall–Kier alpha value is 0.400. The number of aliphatic hydroxyl groups excluding tert-OH is 1. The van der Waals surface area contributed by atoms with E-state index >= 15 is 0 Å². The smallest absolute Gasteiger partial charge is 0.0443 e. The van der Waals surface area contributed by atoms with Crippen molar-refractivity contribution in [1.82, 2.24) is 4.90 Å². The first-order valence-corrected chi connectivity index (χ1v) is 9.24. The molecule has 0 amide bonds. The number of nitrogens with zero attached hydrogens (tertiary/aromatic N) is 1. The third-order valence-corrected chi connectivity index (χ3v) is 5.77. The summed E-state index contributed by atoms with van der Waals surface area (Å²) in [5.74, 6) is 0. The third kappa shape index (κ3) is 5.35. The van der Waals surface area contributed by atoms with Crippen LogP contribution in [0.25, 0.3) is 0 Å². The Bertz CT molecular complexity index is 225. The molecule has 0 unspecified atom stereocenters. The topological polar surface area (TPSA) is 23.5 Å². The van der Waals surface area contributed by atoms with Crippen LogP contribution in [-0.2, 0) is 0 Å². The van der Waals surface area contributed by atoms with E-state index in [0.717, 1.165) is 24.3 Å². The maximum absolute atomic E-state index is 9.11. The average molecular weight is 334 g/mol. The van der Waals surface area contributed by atoms with Crippen molar-refractivity contribution in [1.29, 1.82) is 0 Å². The lowest BCUT2D eigenvalue weighted by molar-refractivity contribution is 0.0629. The number of rotatable bonds is 11. The Kier molecular flexibility index (Phi) is 8.59. The minimum absolute atomic E-state index is 0.325. The highest BCUT2D eigenvalue weighted by atomic mass is 79.9. The molecule has 0 aromatic carbocycles. The molecule has 0 heterocycles. The highest BCUT2D eigenvalue weighted by Crippen LogP contribution is 2.36. The van der Waals surface area contributed by atoms with Gasteiger partial charge in [0.2, 0.25) is 0 Å². The molecule has 0 radical (unpaired) electrons. The second-order valence-corrected chi connectivity index (χ2v) is 6.83. The second kappa shape index (κ2) is 9.36. The van der Waals surface area contributed by atoms with E-state index in [1.54, 1.807) is 0 Å². The first-order valence-electron chi connectivity index (χ1n) is 8.12. The van der Waals surface area contributed by atoms with Crippen LogP contribution in [-0.4, -0.2) is 41.1 Å². The van der Waals surface area contributed by atoms with Gasteiger partial charge in [-0.1, -0.05) is 49.0 Å². The molecule has 1 saturated carbocycles. The maximum atomic E-state index is 9.11. The zero-order valence-electron chi connectivity index (χ0n) is 12.8. The molecule has 1 aliphatic carbocycles. The van der Waals surface area contributed by atoms with Crippen LogP contribution in [0.2, 0.25) is 0 Å². The van der Waals surface area contributed by atoms with Gasteiger partial charge in [0.15, 0.2) is 0 Å². The van der Waals surface area contributed by atoms with Crippen LogP contribution in [0.4, 0.5) is 0 Å². The summed E-state index contributed by atoms with van der Waals surface area (Å²) in [7, 11) is 0. The summed E-state index contributed by atoms with van der Waals surface area (Å²) in [5, 5.41) is 10.2. The zero-order valence-corrected chi connectivity index (χ0v) is 14.4. The molecule has 1 rings (SSSR count). The van der Waals surface area contributed by atoms with Gasteiger partial charge in [-0.3, -0.25) is 4.90 Å². The molecule has 0 aliphatic heterocycles. The average Bonchev–Trinajstić information content (AvgIpc) is 2.34. The fourth-order valence-electron chi connectivity index (χ4n) is 3.37. The van der Waals surface area contributed by atoms with Gasteiger partial charge in [-0.25, -0.2) is 0 Å². The Morgan fingerprint density at radius 2 is 1.84 bits per heavy atom. The van der Waals surface area contributed by atoms with Crippen molar-refractivity contribution in [3.8, 4) is 0 Å². The van der Waals surface area contributed by atoms with Crippen LogP contribution >= 0.6 is 15.9 Å². The van der Waals surface area contributed by atoms with Crippen molar-refractivity contribution >= 4 is 15.9 Å². The first kappa shape index (κ1) is 17.5. The molecular weight excluding hydrogens is 302 g/mol. The quantitative estimate of drug-likeness (QED) is 0.572. The molecule has 1 fully saturated rings. The lowest BCUT2D eigenvalue weighted by Gasteiger charge is -2.44. The van der Waals surface area contributed by atoms with E-state index in [9.17, 15) is 0 Å². The predicted octanol–water partition coefficient (Wildman–Crippen LogP) is 4.20. The summed E-state index contributed by atoms with van der Waals surface area (Å²) < 4.78 is 0. The van der Waals surface area contributed by atoms with Crippen molar-refractivity contribution in [2.75, 3.05) is 25.0 Å². The Morgan fingerprint density at radius 1 is 1.21 bits per heavy atom. The van der Waals surface area contributed by atoms with Crippen molar-refractivity contribution < 1.29 is 5.11 Å². The number of halogens is 1. The van der Waals surface area contributed by atoms with Gasteiger partial charge in [-0.05, 0) is 37.5 Å². The molecule has 0 aromatic heterocycles. The molecule has 0 atom stereocenters. The predicted molar refractivity (Wildman–Crippen MR) is 87.0 cm³/mol. The summed E-state index contributed by atoms with van der Waals surface area (Å²) in [6.45, 7) is 7.21. The summed E-state index contributed by atoms with van der Waals surface area (Å²) in [4.78, 5) is 2.67. The van der Waals surface area contributed by atoms with Crippen LogP contribution in [0, 0.1) is 5.41 Å². The standard InChI is InChI=1S/C16H32BrNO/c1-3-9-16(13-17,10-4-2)14-18(11-6-12-19)15-7-5-8-15/h15,19H,3-14H2,1-2H3. The van der Waals surface area contributed by atoms with E-state index < -0.39 is 0 Å². The molecule has 19 heavy (non-hydrogen) atoms. The van der Waals surface area contributed by atoms with Crippen LogP contribution in [0.5, 0.6) is 0 Å². The summed E-state index contributed by atoms with van der Waals surface area (Å²) in [5.41, 5.74) is 0.439. The normalized spacial score (nSPS) is 16.9. The van der Waals surface area contributed by atoms with E-state index in [1.165, 1.54) is 51.5 Å². The van der Waals surface area contributed by atoms with Gasteiger partial charge in [0.05, 0.1) is 0 Å². The fraction of sp³-hybridized carbons (Fsp3) is 1.00. The monoisotopic (exact) mass is 333 g/mol. The van der Waals surface area contributed by atoms with Gasteiger partial charge in [0, 0.05) is 31.1 Å². The lowest BCUT2D eigenvalue weighted by Crippen LogP contribution is -2.47. The van der Waals surface area contributed by atoms with E-state index in [-0.39, 0.29) is 0 Å². The van der Waals surface area contributed by atoms with Crippen molar-refractivity contribution in [2.24, 2.45) is 5.41 Å². The number of alkyl halides is 1. The van der Waals surface area contributed by atoms with Gasteiger partial charge in [-0.2, -0.15) is 0 Å². The highest BCUT2D eigenvalue weighted by Gasteiger charge is 2.33. The minimum Gasteiger partial charge on any atom is -0.396 e. The molecule has 3 heteroatoms. The minimum atomic E-state index is 0.325. The molecule has 0 saturated heterocycles. The van der Waals surface area contributed by atoms with Crippen molar-refractivity contribution in [3.05, 3.63) is 0 Å². The number of hydrogen-bond acceptors (Lipinski definition) is 2. The van der Waals surface area contributed by atoms with Crippen molar-refractivity contribution in [2.45, 2.75) is 71.3 Å².